The summed E-state index contributed by atoms with van der Waals surface area (Å²) in [4.78, 5) is 0.0208. The van der Waals surface area contributed by atoms with Gasteiger partial charge in [0.05, 0.1) is 36.2 Å². The van der Waals surface area contributed by atoms with Crippen LogP contribution in [0, 0.1) is 6.92 Å². The molecule has 0 aromatic heterocycles. The average Bonchev–Trinajstić information content (AvgIpc) is 2.86. The highest BCUT2D eigenvalue weighted by molar-refractivity contribution is 7.89. The van der Waals surface area contributed by atoms with Gasteiger partial charge in [-0.3, -0.25) is 8.37 Å². The fourth-order valence-corrected chi connectivity index (χ4v) is 5.35. The predicted molar refractivity (Wildman–Crippen MR) is 94.0 cm³/mol. The molecule has 1 aliphatic rings. The molecule has 0 radical (unpaired) electrons. The van der Waals surface area contributed by atoms with Crippen LogP contribution < -0.4 is 0 Å². The van der Waals surface area contributed by atoms with E-state index in [-0.39, 0.29) is 17.9 Å². The number of benzene rings is 1. The SMILES string of the molecule is Cc1ccc(S(=O)(=O)N2CC(OS(C)(=O)=O)CC2COS(C)(=O)=O)cc1. The minimum atomic E-state index is -3.98. The minimum Gasteiger partial charge on any atom is -0.269 e. The maximum Gasteiger partial charge on any atom is 0.264 e. The number of rotatable bonds is 7. The second-order valence-electron chi connectivity index (χ2n) is 6.19. The zero-order valence-electron chi connectivity index (χ0n) is 14.5. The number of hydrogen-bond acceptors (Lipinski definition) is 8. The third kappa shape index (κ3) is 5.72. The summed E-state index contributed by atoms with van der Waals surface area (Å²) >= 11 is 0. The van der Waals surface area contributed by atoms with Crippen LogP contribution in [0.15, 0.2) is 29.2 Å². The molecule has 0 aliphatic carbocycles. The van der Waals surface area contributed by atoms with Crippen molar-refractivity contribution in [1.29, 1.82) is 0 Å². The number of sulfonamides is 1. The monoisotopic (exact) mass is 427 g/mol. The van der Waals surface area contributed by atoms with Gasteiger partial charge in [0.25, 0.3) is 20.2 Å². The second kappa shape index (κ2) is 7.52. The Hall–Kier alpha value is -1.05. The van der Waals surface area contributed by atoms with E-state index < -0.39 is 49.0 Å². The summed E-state index contributed by atoms with van der Waals surface area (Å²) in [6.07, 6.45) is 0.795. The molecule has 1 heterocycles. The van der Waals surface area contributed by atoms with Crippen LogP contribution in [0.5, 0.6) is 0 Å². The summed E-state index contributed by atoms with van der Waals surface area (Å²) in [5.74, 6) is 0. The van der Waals surface area contributed by atoms with Crippen LogP contribution in [-0.2, 0) is 38.6 Å². The molecular weight excluding hydrogens is 406 g/mol. The van der Waals surface area contributed by atoms with Gasteiger partial charge in [-0.15, -0.1) is 0 Å². The van der Waals surface area contributed by atoms with E-state index in [4.69, 9.17) is 8.37 Å². The Bertz CT molecular complexity index is 952. The molecule has 1 fully saturated rings. The number of aryl methyl sites for hydroxylation is 1. The Morgan fingerprint density at radius 2 is 1.58 bits per heavy atom. The molecular formula is C14H21NO8S3. The predicted octanol–water partition coefficient (Wildman–Crippen LogP) is 0.0790. The normalized spacial score (nSPS) is 22.6. The van der Waals surface area contributed by atoms with E-state index in [0.29, 0.717) is 0 Å². The van der Waals surface area contributed by atoms with Crippen LogP contribution in [0.1, 0.15) is 12.0 Å². The van der Waals surface area contributed by atoms with Gasteiger partial charge in [0.15, 0.2) is 0 Å². The first kappa shape index (κ1) is 21.3. The summed E-state index contributed by atoms with van der Waals surface area (Å²) in [6.45, 7) is 1.17. The van der Waals surface area contributed by atoms with Crippen molar-refractivity contribution < 1.29 is 33.6 Å². The molecule has 0 saturated carbocycles. The van der Waals surface area contributed by atoms with Crippen molar-refractivity contribution >= 4 is 30.3 Å². The van der Waals surface area contributed by atoms with E-state index in [0.717, 1.165) is 22.4 Å². The van der Waals surface area contributed by atoms with Crippen molar-refractivity contribution in [3.8, 4) is 0 Å². The average molecular weight is 428 g/mol. The first-order valence-electron chi connectivity index (χ1n) is 7.59. The summed E-state index contributed by atoms with van der Waals surface area (Å²) in [5.41, 5.74) is 0.876. The van der Waals surface area contributed by atoms with E-state index in [2.05, 4.69) is 0 Å². The quantitative estimate of drug-likeness (QED) is 0.560. The van der Waals surface area contributed by atoms with Crippen molar-refractivity contribution in [3.63, 3.8) is 0 Å². The zero-order valence-corrected chi connectivity index (χ0v) is 17.0. The molecule has 0 bridgehead atoms. The van der Waals surface area contributed by atoms with Crippen molar-refractivity contribution in [2.24, 2.45) is 0 Å². The standard InChI is InChI=1S/C14H21NO8S3/c1-11-4-6-14(7-5-11)26(20,21)15-9-13(23-25(3,18)19)8-12(15)10-22-24(2,16)17/h4-7,12-13H,8-10H2,1-3H3. The lowest BCUT2D eigenvalue weighted by Gasteiger charge is -2.23. The second-order valence-corrected chi connectivity index (χ2v) is 11.3. The zero-order chi connectivity index (χ0) is 19.8. The van der Waals surface area contributed by atoms with Crippen LogP contribution in [0.25, 0.3) is 0 Å². The lowest BCUT2D eigenvalue weighted by Crippen LogP contribution is -2.39. The third-order valence-electron chi connectivity index (χ3n) is 3.74. The van der Waals surface area contributed by atoms with E-state index in [9.17, 15) is 25.3 Å². The Morgan fingerprint density at radius 1 is 1.00 bits per heavy atom. The van der Waals surface area contributed by atoms with E-state index in [1.165, 1.54) is 12.1 Å². The Morgan fingerprint density at radius 3 is 2.08 bits per heavy atom. The van der Waals surface area contributed by atoms with Crippen molar-refractivity contribution in [3.05, 3.63) is 29.8 Å². The van der Waals surface area contributed by atoms with Crippen LogP contribution in [-0.4, -0.2) is 67.4 Å². The minimum absolute atomic E-state index is 0.00627. The molecule has 0 spiro atoms. The van der Waals surface area contributed by atoms with Gasteiger partial charge < -0.3 is 0 Å². The van der Waals surface area contributed by atoms with Gasteiger partial charge in [-0.25, -0.2) is 8.42 Å². The first-order valence-corrected chi connectivity index (χ1v) is 12.7. The van der Waals surface area contributed by atoms with Gasteiger partial charge in [-0.05, 0) is 25.5 Å². The molecule has 148 valence electrons. The lowest BCUT2D eigenvalue weighted by atomic mass is 10.2. The molecule has 12 heteroatoms. The van der Waals surface area contributed by atoms with Gasteiger partial charge in [-0.2, -0.15) is 21.1 Å². The molecule has 26 heavy (non-hydrogen) atoms. The fourth-order valence-electron chi connectivity index (χ4n) is 2.66. The Kier molecular flexibility index (Phi) is 6.15. The van der Waals surface area contributed by atoms with Crippen LogP contribution in [0.3, 0.4) is 0 Å². The first-order chi connectivity index (χ1) is 11.8. The highest BCUT2D eigenvalue weighted by atomic mass is 32.2. The van der Waals surface area contributed by atoms with E-state index in [1.807, 2.05) is 6.92 Å². The number of hydrogen-bond donors (Lipinski definition) is 0. The third-order valence-corrected chi connectivity index (χ3v) is 6.86. The summed E-state index contributed by atoms with van der Waals surface area (Å²) in [5, 5.41) is 0. The molecule has 1 aromatic rings. The molecule has 1 aliphatic heterocycles. The highest BCUT2D eigenvalue weighted by Crippen LogP contribution is 2.29. The summed E-state index contributed by atoms with van der Waals surface area (Å²) in [6, 6.07) is 5.27. The lowest BCUT2D eigenvalue weighted by molar-refractivity contribution is 0.220. The Balaban J connectivity index is 2.32. The molecule has 2 rings (SSSR count). The number of nitrogens with zero attached hydrogens (tertiary/aromatic N) is 1. The van der Waals surface area contributed by atoms with Crippen molar-refractivity contribution in [2.45, 2.75) is 30.4 Å². The summed E-state index contributed by atoms with van der Waals surface area (Å²) in [7, 11) is -11.6. The van der Waals surface area contributed by atoms with Crippen molar-refractivity contribution in [1.82, 2.24) is 4.31 Å². The highest BCUT2D eigenvalue weighted by Gasteiger charge is 2.42. The van der Waals surface area contributed by atoms with Gasteiger partial charge in [0, 0.05) is 6.54 Å². The molecule has 2 atom stereocenters. The van der Waals surface area contributed by atoms with Crippen molar-refractivity contribution in [2.75, 3.05) is 25.7 Å². The maximum absolute atomic E-state index is 12.9. The topological polar surface area (TPSA) is 124 Å². The fraction of sp³-hybridized carbons (Fsp3) is 0.571. The van der Waals surface area contributed by atoms with E-state index in [1.54, 1.807) is 12.1 Å². The largest absolute Gasteiger partial charge is 0.269 e. The molecule has 2 unspecified atom stereocenters. The molecule has 0 amide bonds. The van der Waals surface area contributed by atoms with Gasteiger partial charge >= 0.3 is 0 Å². The van der Waals surface area contributed by atoms with Crippen LogP contribution in [0.4, 0.5) is 0 Å². The molecule has 1 saturated heterocycles. The maximum atomic E-state index is 12.9. The smallest absolute Gasteiger partial charge is 0.264 e. The molecule has 1 aromatic carbocycles. The summed E-state index contributed by atoms with van der Waals surface area (Å²) < 4.78 is 81.7. The molecule has 9 nitrogen and oxygen atoms in total. The Labute approximate surface area is 154 Å². The van der Waals surface area contributed by atoms with E-state index >= 15 is 0 Å². The van der Waals surface area contributed by atoms with Gasteiger partial charge in [0.2, 0.25) is 10.0 Å². The van der Waals surface area contributed by atoms with Gasteiger partial charge in [-0.1, -0.05) is 17.7 Å². The molecule has 0 N–H and O–H groups in total. The van der Waals surface area contributed by atoms with Gasteiger partial charge in [0.1, 0.15) is 0 Å². The van der Waals surface area contributed by atoms with Crippen LogP contribution in [0.2, 0.25) is 0 Å². The van der Waals surface area contributed by atoms with Crippen LogP contribution >= 0.6 is 0 Å².